The maximum absolute atomic E-state index is 11.1. The Morgan fingerprint density at radius 3 is 2.35 bits per heavy atom. The molecule has 0 fully saturated rings. The van der Waals surface area contributed by atoms with Gasteiger partial charge < -0.3 is 5.11 Å². The van der Waals surface area contributed by atoms with Crippen LogP contribution in [0.1, 0.15) is 35.3 Å². The molecule has 0 heterocycles. The van der Waals surface area contributed by atoms with Crippen molar-refractivity contribution in [1.29, 1.82) is 0 Å². The number of carbonyl (C=O) groups is 1. The van der Waals surface area contributed by atoms with E-state index in [9.17, 15) is 4.79 Å². The zero-order valence-corrected chi connectivity index (χ0v) is 12.4. The quantitative estimate of drug-likeness (QED) is 0.875. The lowest BCUT2D eigenvalue weighted by atomic mass is 9.95. The molecule has 0 aliphatic heterocycles. The van der Waals surface area contributed by atoms with Crippen molar-refractivity contribution < 1.29 is 9.90 Å². The second-order valence-electron chi connectivity index (χ2n) is 4.69. The van der Waals surface area contributed by atoms with Crippen LogP contribution in [0.15, 0.2) is 36.4 Å². The third-order valence-electron chi connectivity index (χ3n) is 3.49. The summed E-state index contributed by atoms with van der Waals surface area (Å²) in [4.78, 5) is 11.1. The van der Waals surface area contributed by atoms with Gasteiger partial charge in [-0.05, 0) is 47.7 Å². The van der Waals surface area contributed by atoms with Gasteiger partial charge in [0.15, 0.2) is 0 Å². The van der Waals surface area contributed by atoms with Gasteiger partial charge in [0, 0.05) is 10.6 Å². The molecular formula is C17H17ClO2. The normalized spacial score (nSPS) is 10.6. The molecule has 104 valence electrons. The van der Waals surface area contributed by atoms with Crippen molar-refractivity contribution in [2.75, 3.05) is 0 Å². The van der Waals surface area contributed by atoms with Crippen LogP contribution in [-0.2, 0) is 12.8 Å². The number of benzene rings is 2. The van der Waals surface area contributed by atoms with Gasteiger partial charge in [-0.3, -0.25) is 0 Å². The number of hydrogen-bond acceptors (Lipinski definition) is 1. The van der Waals surface area contributed by atoms with E-state index in [0.717, 1.165) is 24.0 Å². The Hall–Kier alpha value is -1.80. The van der Waals surface area contributed by atoms with Crippen LogP contribution >= 0.6 is 11.6 Å². The Kier molecular flexibility index (Phi) is 4.46. The summed E-state index contributed by atoms with van der Waals surface area (Å²) in [6.07, 6.45) is 1.94. The molecule has 0 spiro atoms. The molecule has 0 radical (unpaired) electrons. The first kappa shape index (κ1) is 14.6. The highest BCUT2D eigenvalue weighted by molar-refractivity contribution is 6.33. The van der Waals surface area contributed by atoms with Crippen molar-refractivity contribution in [2.24, 2.45) is 0 Å². The molecule has 0 saturated carbocycles. The van der Waals surface area contributed by atoms with Crippen LogP contribution in [0, 0.1) is 0 Å². The van der Waals surface area contributed by atoms with Gasteiger partial charge in [0.1, 0.15) is 0 Å². The highest BCUT2D eigenvalue weighted by atomic mass is 35.5. The zero-order valence-electron chi connectivity index (χ0n) is 11.6. The summed E-state index contributed by atoms with van der Waals surface area (Å²) in [5, 5.41) is 9.66. The summed E-state index contributed by atoms with van der Waals surface area (Å²) >= 11 is 6.21. The molecule has 20 heavy (non-hydrogen) atoms. The van der Waals surface area contributed by atoms with Crippen LogP contribution < -0.4 is 0 Å². The maximum atomic E-state index is 11.1. The summed E-state index contributed by atoms with van der Waals surface area (Å²) in [5.74, 6) is -0.941. The van der Waals surface area contributed by atoms with Crippen LogP contribution in [-0.4, -0.2) is 11.1 Å². The first-order valence-electron chi connectivity index (χ1n) is 6.71. The van der Waals surface area contributed by atoms with Crippen LogP contribution in [0.4, 0.5) is 0 Å². The van der Waals surface area contributed by atoms with Crippen molar-refractivity contribution in [2.45, 2.75) is 26.7 Å². The molecule has 2 aromatic carbocycles. The van der Waals surface area contributed by atoms with Gasteiger partial charge in [-0.1, -0.05) is 43.6 Å². The minimum Gasteiger partial charge on any atom is -0.478 e. The van der Waals surface area contributed by atoms with Crippen LogP contribution in [0.25, 0.3) is 11.1 Å². The minimum absolute atomic E-state index is 0.252. The first-order valence-corrected chi connectivity index (χ1v) is 7.09. The fraction of sp³-hybridized carbons (Fsp3) is 0.235. The lowest BCUT2D eigenvalue weighted by Gasteiger charge is -2.11. The Morgan fingerprint density at radius 1 is 1.05 bits per heavy atom. The molecule has 0 atom stereocenters. The summed E-state index contributed by atoms with van der Waals surface area (Å²) in [7, 11) is 0. The van der Waals surface area contributed by atoms with Gasteiger partial charge in [-0.2, -0.15) is 0 Å². The van der Waals surface area contributed by atoms with Crippen molar-refractivity contribution >= 4 is 17.6 Å². The molecule has 2 nitrogen and oxygen atoms in total. The molecule has 0 aromatic heterocycles. The molecule has 0 bridgehead atoms. The van der Waals surface area contributed by atoms with Crippen molar-refractivity contribution in [3.8, 4) is 11.1 Å². The van der Waals surface area contributed by atoms with Crippen LogP contribution in [0.2, 0.25) is 5.02 Å². The summed E-state index contributed by atoms with van der Waals surface area (Å²) < 4.78 is 0. The van der Waals surface area contributed by atoms with Gasteiger partial charge in [-0.25, -0.2) is 4.79 Å². The molecular weight excluding hydrogens is 272 g/mol. The monoisotopic (exact) mass is 288 g/mol. The number of carboxylic acids is 1. The van der Waals surface area contributed by atoms with Crippen molar-refractivity contribution in [3.63, 3.8) is 0 Å². The predicted molar refractivity (Wildman–Crippen MR) is 82.6 cm³/mol. The molecule has 0 aliphatic carbocycles. The molecule has 2 rings (SSSR count). The molecule has 1 N–H and O–H groups in total. The lowest BCUT2D eigenvalue weighted by molar-refractivity contribution is 0.0697. The van der Waals surface area contributed by atoms with E-state index >= 15 is 0 Å². The fourth-order valence-electron chi connectivity index (χ4n) is 2.35. The standard InChI is InChI=1S/C17H17ClO2/c1-3-11-5-6-13(9-12(11)4-2)15-10-14(17(19)20)7-8-16(15)18/h5-10H,3-4H2,1-2H3,(H,19,20). The average Bonchev–Trinajstić information content (AvgIpc) is 2.46. The maximum Gasteiger partial charge on any atom is 0.335 e. The Labute approximate surface area is 124 Å². The van der Waals surface area contributed by atoms with Crippen molar-refractivity contribution in [1.82, 2.24) is 0 Å². The molecule has 0 unspecified atom stereocenters. The van der Waals surface area contributed by atoms with E-state index in [-0.39, 0.29) is 5.56 Å². The summed E-state index contributed by atoms with van der Waals surface area (Å²) in [5.41, 5.74) is 4.58. The number of rotatable bonds is 4. The Bertz CT molecular complexity index is 647. The predicted octanol–water partition coefficient (Wildman–Crippen LogP) is 4.83. The molecule has 0 amide bonds. The van der Waals surface area contributed by atoms with Crippen LogP contribution in [0.3, 0.4) is 0 Å². The molecule has 0 saturated heterocycles. The van der Waals surface area contributed by atoms with E-state index in [1.807, 2.05) is 6.07 Å². The first-order chi connectivity index (χ1) is 9.56. The molecule has 0 aliphatic rings. The largest absolute Gasteiger partial charge is 0.478 e. The number of aromatic carboxylic acids is 1. The highest BCUT2D eigenvalue weighted by Gasteiger charge is 2.10. The van der Waals surface area contributed by atoms with E-state index in [2.05, 4.69) is 26.0 Å². The van der Waals surface area contributed by atoms with Gasteiger partial charge in [0.25, 0.3) is 0 Å². The topological polar surface area (TPSA) is 37.3 Å². The summed E-state index contributed by atoms with van der Waals surface area (Å²) in [6.45, 7) is 4.25. The third-order valence-corrected chi connectivity index (χ3v) is 3.82. The number of aryl methyl sites for hydroxylation is 2. The SMILES string of the molecule is CCc1ccc(-c2cc(C(=O)O)ccc2Cl)cc1CC. The molecule has 3 heteroatoms. The second kappa shape index (κ2) is 6.10. The van der Waals surface area contributed by atoms with Crippen molar-refractivity contribution in [3.05, 3.63) is 58.1 Å². The lowest BCUT2D eigenvalue weighted by Crippen LogP contribution is -1.97. The van der Waals surface area contributed by atoms with Crippen LogP contribution in [0.5, 0.6) is 0 Å². The minimum atomic E-state index is -0.941. The Balaban J connectivity index is 2.56. The highest BCUT2D eigenvalue weighted by Crippen LogP contribution is 2.30. The van der Waals surface area contributed by atoms with E-state index in [4.69, 9.17) is 16.7 Å². The zero-order chi connectivity index (χ0) is 14.7. The fourth-order valence-corrected chi connectivity index (χ4v) is 2.57. The van der Waals surface area contributed by atoms with E-state index in [0.29, 0.717) is 5.02 Å². The smallest absolute Gasteiger partial charge is 0.335 e. The van der Waals surface area contributed by atoms with E-state index in [1.54, 1.807) is 12.1 Å². The van der Waals surface area contributed by atoms with Gasteiger partial charge in [0.05, 0.1) is 5.56 Å². The number of hydrogen-bond donors (Lipinski definition) is 1. The second-order valence-corrected chi connectivity index (χ2v) is 5.10. The van der Waals surface area contributed by atoms with Gasteiger partial charge in [0.2, 0.25) is 0 Å². The third kappa shape index (κ3) is 2.86. The van der Waals surface area contributed by atoms with E-state index < -0.39 is 5.97 Å². The van der Waals surface area contributed by atoms with E-state index in [1.165, 1.54) is 17.2 Å². The average molecular weight is 289 g/mol. The number of carboxylic acid groups (broad SMARTS) is 1. The summed E-state index contributed by atoms with van der Waals surface area (Å²) in [6, 6.07) is 11.0. The Morgan fingerprint density at radius 2 is 1.75 bits per heavy atom. The molecule has 2 aromatic rings. The van der Waals surface area contributed by atoms with Gasteiger partial charge in [-0.15, -0.1) is 0 Å². The van der Waals surface area contributed by atoms with Gasteiger partial charge >= 0.3 is 5.97 Å². The number of halogens is 1.